The van der Waals surface area contributed by atoms with Gasteiger partial charge < -0.3 is 35.2 Å². The van der Waals surface area contributed by atoms with Crippen LogP contribution in [0.2, 0.25) is 0 Å². The first-order chi connectivity index (χ1) is 14.5. The Hall–Kier alpha value is -0.840. The van der Waals surface area contributed by atoms with Gasteiger partial charge in [0.1, 0.15) is 12.5 Å². The fraction of sp³-hybridized carbons (Fsp3) is 0.600. The van der Waals surface area contributed by atoms with Gasteiger partial charge >= 0.3 is 29.2 Å². The van der Waals surface area contributed by atoms with Crippen LogP contribution in [0.25, 0.3) is 0 Å². The Balaban J connectivity index is 3.11. The lowest BCUT2D eigenvalue weighted by atomic mass is 10.1. The fourth-order valence-corrected chi connectivity index (χ4v) is 5.21. The number of phosphoric ester groups is 1. The van der Waals surface area contributed by atoms with E-state index in [0.29, 0.717) is 4.57 Å². The number of halogens is 3. The molecule has 0 saturated heterocycles. The Morgan fingerprint density at radius 1 is 1.22 bits per heavy atom. The third kappa shape index (κ3) is 8.83. The minimum absolute atomic E-state index is 0.259. The van der Waals surface area contributed by atoms with Crippen LogP contribution in [0.5, 0.6) is 0 Å². The molecule has 0 saturated carbocycles. The quantitative estimate of drug-likeness (QED) is 0.138. The van der Waals surface area contributed by atoms with Crippen LogP contribution < -0.4 is 11.4 Å². The summed E-state index contributed by atoms with van der Waals surface area (Å²) in [5.74, 6) is -1.38. The minimum Gasteiger partial charge on any atom is -0.383 e. The highest BCUT2D eigenvalue weighted by molar-refractivity contribution is 7.66. The summed E-state index contributed by atoms with van der Waals surface area (Å²) in [6.07, 6.45) is -4.30. The molecule has 0 bridgehead atoms. The molecule has 1 heterocycles. The van der Waals surface area contributed by atoms with Crippen molar-refractivity contribution in [1.82, 2.24) is 9.55 Å². The number of nitrogens with two attached hydrogens (primary N) is 1. The molecule has 0 aliphatic carbocycles. The van der Waals surface area contributed by atoms with Crippen LogP contribution in [0.1, 0.15) is 6.23 Å². The predicted octanol–water partition coefficient (Wildman–Crippen LogP) is -0.0810. The highest BCUT2D eigenvalue weighted by atomic mass is 35.5. The summed E-state index contributed by atoms with van der Waals surface area (Å²) in [4.78, 5) is 50.6. The second kappa shape index (κ2) is 11.1. The molecular formula is C10H17ClF2N3O13P3. The largest absolute Gasteiger partial charge is 0.490 e. The monoisotopic (exact) mass is 553 g/mol. The first-order valence-corrected chi connectivity index (χ1v) is 12.8. The van der Waals surface area contributed by atoms with Crippen LogP contribution >= 0.6 is 35.1 Å². The molecule has 0 fully saturated rings. The van der Waals surface area contributed by atoms with Crippen molar-refractivity contribution in [1.29, 1.82) is 0 Å². The van der Waals surface area contributed by atoms with Gasteiger partial charge in [-0.15, -0.1) is 11.6 Å². The number of ether oxygens (including phenoxy) is 1. The number of aromatic nitrogens is 2. The molecule has 0 radical (unpaired) electrons. The smallest absolute Gasteiger partial charge is 0.383 e. The van der Waals surface area contributed by atoms with Crippen LogP contribution in [0, 0.1) is 0 Å². The standard InChI is InChI=1S/C10H17ClF2N3O13P3/c11-4-10(8(13)17,27-7(3-12)16-2-1-6(14)15-9(16)18)5-26-31(22,23)29-32(24,25)28-30(19,20)21/h1-2,7-8,17H,3-5H2,(H,22,23)(H,24,25)(H2,14,15,18)(H2,19,20,21)/t7-,8-,10-/m1/s1. The molecule has 0 aliphatic heterocycles. The molecule has 16 nitrogen and oxygen atoms in total. The SMILES string of the molecule is Nc1ccn([C@@H](CF)O[C@](CCl)(COP(=O)(O)OP(=O)(O)OP(=O)(O)O)[C@@H](O)F)c(=O)n1. The van der Waals surface area contributed by atoms with Crippen molar-refractivity contribution in [3.8, 4) is 0 Å². The first kappa shape index (κ1) is 29.2. The number of hydrogen-bond acceptors (Lipinski definition) is 11. The number of nitrogen functional groups attached to an aromatic ring is 1. The van der Waals surface area contributed by atoms with Crippen LogP contribution in [-0.4, -0.2) is 65.4 Å². The number of aliphatic hydroxyl groups excluding tert-OH is 1. The van der Waals surface area contributed by atoms with Crippen molar-refractivity contribution >= 4 is 40.9 Å². The average Bonchev–Trinajstić information content (AvgIpc) is 2.59. The number of nitrogens with zero attached hydrogens (tertiary/aromatic N) is 2. The normalized spacial score (nSPS) is 20.0. The van der Waals surface area contributed by atoms with E-state index in [4.69, 9.17) is 36.8 Å². The lowest BCUT2D eigenvalue weighted by Gasteiger charge is -2.35. The van der Waals surface area contributed by atoms with Crippen molar-refractivity contribution in [3.63, 3.8) is 0 Å². The minimum atomic E-state index is -5.90. The maximum atomic E-state index is 13.9. The van der Waals surface area contributed by atoms with E-state index in [1.54, 1.807) is 0 Å². The van der Waals surface area contributed by atoms with Crippen LogP contribution in [0.15, 0.2) is 17.1 Å². The molecule has 5 atom stereocenters. The third-order valence-corrected chi connectivity index (χ3v) is 7.45. The van der Waals surface area contributed by atoms with E-state index in [0.717, 1.165) is 12.3 Å². The average molecular weight is 554 g/mol. The van der Waals surface area contributed by atoms with Crippen molar-refractivity contribution < 1.29 is 65.0 Å². The summed E-state index contributed by atoms with van der Waals surface area (Å²) in [5.41, 5.74) is 1.23. The van der Waals surface area contributed by atoms with Crippen molar-refractivity contribution in [2.24, 2.45) is 0 Å². The Bertz CT molecular complexity index is 992. The zero-order valence-electron chi connectivity index (χ0n) is 15.4. The Kier molecular flexibility index (Phi) is 10.1. The van der Waals surface area contributed by atoms with E-state index in [2.05, 4.69) is 18.1 Å². The van der Waals surface area contributed by atoms with Crippen LogP contribution in [0.4, 0.5) is 14.6 Å². The van der Waals surface area contributed by atoms with Gasteiger partial charge in [-0.25, -0.2) is 27.3 Å². The Morgan fingerprint density at radius 3 is 2.25 bits per heavy atom. The highest BCUT2D eigenvalue weighted by Crippen LogP contribution is 2.66. The lowest BCUT2D eigenvalue weighted by molar-refractivity contribution is -0.220. The second-order valence-electron chi connectivity index (χ2n) is 5.67. The van der Waals surface area contributed by atoms with Crippen LogP contribution in [0.3, 0.4) is 0 Å². The molecule has 2 unspecified atom stereocenters. The van der Waals surface area contributed by atoms with Gasteiger partial charge in [-0.3, -0.25) is 9.09 Å². The second-order valence-corrected chi connectivity index (χ2v) is 10.4. The Morgan fingerprint density at radius 2 is 1.81 bits per heavy atom. The number of anilines is 1. The molecule has 1 aromatic rings. The molecular weight excluding hydrogens is 536 g/mol. The van der Waals surface area contributed by atoms with Gasteiger partial charge in [-0.05, 0) is 6.07 Å². The summed E-state index contributed by atoms with van der Waals surface area (Å²) in [5, 5.41) is 9.40. The molecule has 0 amide bonds. The number of rotatable bonds is 13. The molecule has 0 aromatic carbocycles. The molecule has 32 heavy (non-hydrogen) atoms. The lowest BCUT2D eigenvalue weighted by Crippen LogP contribution is -2.51. The van der Waals surface area contributed by atoms with Gasteiger partial charge in [-0.2, -0.15) is 13.6 Å². The van der Waals surface area contributed by atoms with Gasteiger partial charge in [0, 0.05) is 6.20 Å². The molecule has 22 heteroatoms. The maximum Gasteiger partial charge on any atom is 0.490 e. The van der Waals surface area contributed by atoms with E-state index in [1.807, 2.05) is 0 Å². The van der Waals surface area contributed by atoms with E-state index < -0.39 is 66.5 Å². The fourth-order valence-electron chi connectivity index (χ4n) is 1.87. The molecule has 7 N–H and O–H groups in total. The van der Waals surface area contributed by atoms with E-state index in [1.165, 1.54) is 0 Å². The number of phosphoric acid groups is 3. The third-order valence-electron chi connectivity index (χ3n) is 3.21. The van der Waals surface area contributed by atoms with Crippen molar-refractivity contribution in [3.05, 3.63) is 22.7 Å². The van der Waals surface area contributed by atoms with E-state index in [9.17, 15) is 37.3 Å². The molecule has 1 rings (SSSR count). The number of aliphatic hydroxyl groups is 1. The van der Waals surface area contributed by atoms with Gasteiger partial charge in [-0.1, -0.05) is 0 Å². The van der Waals surface area contributed by atoms with E-state index in [-0.39, 0.29) is 5.82 Å². The summed E-state index contributed by atoms with van der Waals surface area (Å²) in [6, 6.07) is 1.04. The summed E-state index contributed by atoms with van der Waals surface area (Å²) < 4.78 is 77.7. The molecule has 0 spiro atoms. The van der Waals surface area contributed by atoms with Gasteiger partial charge in [0.25, 0.3) is 0 Å². The van der Waals surface area contributed by atoms with Crippen molar-refractivity contribution in [2.75, 3.05) is 24.9 Å². The predicted molar refractivity (Wildman–Crippen MR) is 99.4 cm³/mol. The summed E-state index contributed by atoms with van der Waals surface area (Å²) >= 11 is 5.53. The van der Waals surface area contributed by atoms with E-state index >= 15 is 0 Å². The zero-order valence-corrected chi connectivity index (χ0v) is 18.8. The topological polar surface area (TPSA) is 250 Å². The van der Waals surface area contributed by atoms with Crippen molar-refractivity contribution in [2.45, 2.75) is 18.2 Å². The summed E-state index contributed by atoms with van der Waals surface area (Å²) in [7, 11) is -17.3. The zero-order chi connectivity index (χ0) is 25.0. The molecule has 0 aliphatic rings. The molecule has 186 valence electrons. The first-order valence-electron chi connectivity index (χ1n) is 7.71. The summed E-state index contributed by atoms with van der Waals surface area (Å²) in [6.45, 7) is -3.13. The van der Waals surface area contributed by atoms with Gasteiger partial charge in [0.05, 0.1) is 12.5 Å². The maximum absolute atomic E-state index is 13.9. The van der Waals surface area contributed by atoms with Crippen LogP contribution in [-0.2, 0) is 31.6 Å². The number of hydrogen-bond donors (Lipinski definition) is 6. The molecule has 1 aromatic heterocycles. The number of alkyl halides is 3. The Labute approximate surface area is 181 Å². The van der Waals surface area contributed by atoms with Gasteiger partial charge in [0.15, 0.2) is 11.8 Å². The van der Waals surface area contributed by atoms with Gasteiger partial charge in [0.2, 0.25) is 6.36 Å². The highest BCUT2D eigenvalue weighted by Gasteiger charge is 2.47.